The summed E-state index contributed by atoms with van der Waals surface area (Å²) in [6.45, 7) is 1.90. The van der Waals surface area contributed by atoms with E-state index in [0.717, 1.165) is 0 Å². The molecule has 0 fully saturated rings. The van der Waals surface area contributed by atoms with Crippen molar-refractivity contribution in [2.24, 2.45) is 0 Å². The minimum absolute atomic E-state index is 0.0613. The molecular weight excluding hydrogens is 306 g/mol. The van der Waals surface area contributed by atoms with E-state index >= 15 is 0 Å². The van der Waals surface area contributed by atoms with E-state index in [-0.39, 0.29) is 18.0 Å². The molecule has 0 aliphatic heterocycles. The zero-order valence-electron chi connectivity index (χ0n) is 12.9. The van der Waals surface area contributed by atoms with Crippen LogP contribution in [0.15, 0.2) is 53.3 Å². The first-order valence-corrected chi connectivity index (χ1v) is 7.58. The van der Waals surface area contributed by atoms with E-state index < -0.39 is 5.97 Å². The third-order valence-corrected chi connectivity index (χ3v) is 3.82. The lowest BCUT2D eigenvalue weighted by Crippen LogP contribution is -2.24. The smallest absolute Gasteiger partial charge is 0.375 e. The van der Waals surface area contributed by atoms with Crippen LogP contribution in [0.4, 0.5) is 0 Å². The van der Waals surface area contributed by atoms with Crippen LogP contribution in [0.5, 0.6) is 0 Å². The van der Waals surface area contributed by atoms with Crippen molar-refractivity contribution in [3.8, 4) is 0 Å². The number of carbonyl (C=O) groups is 1. The standard InChI is InChI=1S/C18H13N3O3/c1-2-24-18(23)16-20-13-9-5-3-7-11(13)15-19-14-10-6-4-8-12(14)17(22)21(15)16/h3-10H,2H2,1H3. The molecule has 2 heterocycles. The van der Waals surface area contributed by atoms with Crippen molar-refractivity contribution < 1.29 is 9.53 Å². The number of para-hydroxylation sites is 2. The Morgan fingerprint density at radius 1 is 1.00 bits per heavy atom. The molecule has 6 heteroatoms. The third kappa shape index (κ3) is 2.04. The van der Waals surface area contributed by atoms with Crippen LogP contribution in [-0.4, -0.2) is 26.9 Å². The predicted molar refractivity (Wildman–Crippen MR) is 90.2 cm³/mol. The Morgan fingerprint density at radius 2 is 1.62 bits per heavy atom. The summed E-state index contributed by atoms with van der Waals surface area (Å²) in [6, 6.07) is 14.3. The van der Waals surface area contributed by atoms with Crippen LogP contribution < -0.4 is 5.56 Å². The first-order chi connectivity index (χ1) is 11.7. The van der Waals surface area contributed by atoms with Crippen molar-refractivity contribution in [1.82, 2.24) is 14.4 Å². The Hall–Kier alpha value is -3.28. The predicted octanol–water partition coefficient (Wildman–Crippen LogP) is 2.57. The largest absolute Gasteiger partial charge is 0.460 e. The number of carbonyl (C=O) groups excluding carboxylic acids is 1. The molecular formula is C18H13N3O3. The Balaban J connectivity index is 2.26. The van der Waals surface area contributed by atoms with Crippen molar-refractivity contribution in [3.05, 3.63) is 64.7 Å². The van der Waals surface area contributed by atoms with Crippen LogP contribution >= 0.6 is 0 Å². The number of hydrogen-bond donors (Lipinski definition) is 0. The molecule has 4 rings (SSSR count). The lowest BCUT2D eigenvalue weighted by atomic mass is 10.2. The fourth-order valence-corrected chi connectivity index (χ4v) is 2.77. The summed E-state index contributed by atoms with van der Waals surface area (Å²) < 4.78 is 6.30. The summed E-state index contributed by atoms with van der Waals surface area (Å²) in [7, 11) is 0. The maximum atomic E-state index is 12.9. The van der Waals surface area contributed by atoms with Gasteiger partial charge in [-0.25, -0.2) is 19.2 Å². The highest BCUT2D eigenvalue weighted by Crippen LogP contribution is 2.19. The molecule has 2 aromatic carbocycles. The molecule has 0 spiro atoms. The number of fused-ring (bicyclic) bond motifs is 4. The lowest BCUT2D eigenvalue weighted by molar-refractivity contribution is 0.0510. The summed E-state index contributed by atoms with van der Waals surface area (Å²) in [6.07, 6.45) is 0. The summed E-state index contributed by atoms with van der Waals surface area (Å²) in [5.41, 5.74) is 1.22. The average Bonchev–Trinajstić information content (AvgIpc) is 2.61. The highest BCUT2D eigenvalue weighted by molar-refractivity contribution is 5.98. The van der Waals surface area contributed by atoms with Crippen LogP contribution in [0.25, 0.3) is 27.5 Å². The molecule has 2 aromatic heterocycles. The van der Waals surface area contributed by atoms with Gasteiger partial charge in [0.25, 0.3) is 5.56 Å². The van der Waals surface area contributed by atoms with Gasteiger partial charge in [-0.2, -0.15) is 0 Å². The molecule has 0 amide bonds. The first-order valence-electron chi connectivity index (χ1n) is 7.58. The maximum Gasteiger partial charge on any atom is 0.375 e. The second-order valence-electron chi connectivity index (χ2n) is 5.27. The van der Waals surface area contributed by atoms with E-state index in [1.807, 2.05) is 24.3 Å². The van der Waals surface area contributed by atoms with Gasteiger partial charge in [-0.1, -0.05) is 24.3 Å². The molecule has 0 unspecified atom stereocenters. The Morgan fingerprint density at radius 3 is 2.33 bits per heavy atom. The highest BCUT2D eigenvalue weighted by Gasteiger charge is 2.19. The van der Waals surface area contributed by atoms with Gasteiger partial charge in [0.05, 0.1) is 23.0 Å². The second kappa shape index (κ2) is 5.42. The van der Waals surface area contributed by atoms with Crippen LogP contribution in [0.3, 0.4) is 0 Å². The molecule has 0 radical (unpaired) electrons. The first kappa shape index (κ1) is 14.3. The number of aromatic nitrogens is 3. The van der Waals surface area contributed by atoms with Gasteiger partial charge >= 0.3 is 5.97 Å². The number of hydrogen-bond acceptors (Lipinski definition) is 5. The Kier molecular flexibility index (Phi) is 3.23. The van der Waals surface area contributed by atoms with E-state index in [9.17, 15) is 9.59 Å². The zero-order chi connectivity index (χ0) is 16.7. The number of ether oxygens (including phenoxy) is 1. The van der Waals surface area contributed by atoms with Crippen LogP contribution in [0.1, 0.15) is 17.5 Å². The van der Waals surface area contributed by atoms with Gasteiger partial charge in [0.15, 0.2) is 5.65 Å². The van der Waals surface area contributed by atoms with Crippen molar-refractivity contribution in [2.75, 3.05) is 6.61 Å². The second-order valence-corrected chi connectivity index (χ2v) is 5.27. The molecule has 24 heavy (non-hydrogen) atoms. The number of nitrogens with zero attached hydrogens (tertiary/aromatic N) is 3. The minimum atomic E-state index is -0.646. The monoisotopic (exact) mass is 319 g/mol. The third-order valence-electron chi connectivity index (χ3n) is 3.82. The highest BCUT2D eigenvalue weighted by atomic mass is 16.5. The fraction of sp³-hybridized carbons (Fsp3) is 0.111. The minimum Gasteiger partial charge on any atom is -0.460 e. The van der Waals surface area contributed by atoms with Crippen LogP contribution in [-0.2, 0) is 4.74 Å². The van der Waals surface area contributed by atoms with Crippen molar-refractivity contribution in [2.45, 2.75) is 6.92 Å². The molecule has 6 nitrogen and oxygen atoms in total. The van der Waals surface area contributed by atoms with Gasteiger partial charge in [0.1, 0.15) is 0 Å². The molecule has 0 atom stereocenters. The van der Waals surface area contributed by atoms with E-state index in [1.165, 1.54) is 4.40 Å². The van der Waals surface area contributed by atoms with Gasteiger partial charge in [-0.05, 0) is 31.2 Å². The summed E-state index contributed by atoms with van der Waals surface area (Å²) in [4.78, 5) is 34.2. The van der Waals surface area contributed by atoms with Gasteiger partial charge in [-0.3, -0.25) is 4.79 Å². The number of benzene rings is 2. The average molecular weight is 319 g/mol. The molecule has 0 N–H and O–H groups in total. The zero-order valence-corrected chi connectivity index (χ0v) is 12.9. The lowest BCUT2D eigenvalue weighted by Gasteiger charge is -2.10. The fourth-order valence-electron chi connectivity index (χ4n) is 2.77. The van der Waals surface area contributed by atoms with Crippen molar-refractivity contribution in [3.63, 3.8) is 0 Å². The van der Waals surface area contributed by atoms with Crippen LogP contribution in [0.2, 0.25) is 0 Å². The van der Waals surface area contributed by atoms with Gasteiger partial charge in [-0.15, -0.1) is 0 Å². The van der Waals surface area contributed by atoms with E-state index in [2.05, 4.69) is 9.97 Å². The molecule has 0 saturated carbocycles. The molecule has 0 bridgehead atoms. The van der Waals surface area contributed by atoms with Crippen molar-refractivity contribution in [1.29, 1.82) is 0 Å². The molecule has 0 aliphatic rings. The summed E-state index contributed by atoms with van der Waals surface area (Å²) in [5, 5.41) is 1.13. The summed E-state index contributed by atoms with van der Waals surface area (Å²) >= 11 is 0. The van der Waals surface area contributed by atoms with Gasteiger partial charge in [0, 0.05) is 5.39 Å². The van der Waals surface area contributed by atoms with E-state index in [0.29, 0.717) is 27.5 Å². The van der Waals surface area contributed by atoms with Crippen LogP contribution in [0, 0.1) is 0 Å². The van der Waals surface area contributed by atoms with Gasteiger partial charge in [0.2, 0.25) is 5.82 Å². The summed E-state index contributed by atoms with van der Waals surface area (Å²) in [5.74, 6) is -0.707. The quantitative estimate of drug-likeness (QED) is 0.322. The van der Waals surface area contributed by atoms with E-state index in [1.54, 1.807) is 31.2 Å². The molecule has 118 valence electrons. The van der Waals surface area contributed by atoms with Gasteiger partial charge < -0.3 is 4.74 Å². The van der Waals surface area contributed by atoms with E-state index in [4.69, 9.17) is 4.74 Å². The molecule has 0 aliphatic carbocycles. The Labute approximate surface area is 136 Å². The number of rotatable bonds is 2. The van der Waals surface area contributed by atoms with Crippen molar-refractivity contribution >= 4 is 33.4 Å². The molecule has 0 saturated heterocycles. The Bertz CT molecular complexity index is 1160. The SMILES string of the molecule is CCOC(=O)c1nc2ccccc2c2nc3ccccc3c(=O)n12. The normalized spacial score (nSPS) is 11.2. The number of esters is 1. The molecule has 4 aromatic rings. The maximum absolute atomic E-state index is 12.9. The topological polar surface area (TPSA) is 73.6 Å².